The average Bonchev–Trinajstić information content (AvgIpc) is 3.08. The summed E-state index contributed by atoms with van der Waals surface area (Å²) in [6, 6.07) is 11.4. The zero-order valence-electron chi connectivity index (χ0n) is 15.4. The number of aliphatic hydroxyl groups is 1. The van der Waals surface area contributed by atoms with E-state index in [-0.39, 0.29) is 11.1 Å². The average molecular weight is 426 g/mol. The largest absolute Gasteiger partial charge is 0.415 e. The number of halogens is 4. The van der Waals surface area contributed by atoms with Crippen molar-refractivity contribution in [2.75, 3.05) is 13.2 Å². The Labute approximate surface area is 168 Å². The van der Waals surface area contributed by atoms with Gasteiger partial charge in [0.05, 0.1) is 13.2 Å². The molecule has 0 radical (unpaired) electrons. The van der Waals surface area contributed by atoms with Crippen LogP contribution in [-0.4, -0.2) is 42.5 Å². The number of benzene rings is 2. The second-order valence-corrected chi connectivity index (χ2v) is 6.79. The van der Waals surface area contributed by atoms with E-state index in [0.717, 1.165) is 6.07 Å². The Balaban J connectivity index is 1.94. The molecular weight excluding hydrogens is 408 g/mol. The number of nitrogens with one attached hydrogen (secondary N) is 2. The Morgan fingerprint density at radius 3 is 2.33 bits per heavy atom. The van der Waals surface area contributed by atoms with Crippen LogP contribution in [0.5, 0.6) is 0 Å². The van der Waals surface area contributed by atoms with Gasteiger partial charge in [-0.05, 0) is 18.2 Å². The number of carbonyl (C=O) groups excluding carboxylic acids is 2. The first-order chi connectivity index (χ1) is 14.2. The third kappa shape index (κ3) is 4.14. The van der Waals surface area contributed by atoms with E-state index in [1.807, 2.05) is 5.32 Å². The van der Waals surface area contributed by atoms with Crippen LogP contribution in [0.2, 0.25) is 0 Å². The first-order valence-electron chi connectivity index (χ1n) is 8.92. The van der Waals surface area contributed by atoms with Gasteiger partial charge in [0.2, 0.25) is 0 Å². The van der Waals surface area contributed by atoms with Gasteiger partial charge in [0.25, 0.3) is 5.91 Å². The molecule has 3 amide bonds. The summed E-state index contributed by atoms with van der Waals surface area (Å²) in [4.78, 5) is 24.7. The van der Waals surface area contributed by atoms with Crippen LogP contribution >= 0.6 is 0 Å². The highest BCUT2D eigenvalue weighted by atomic mass is 19.4. The van der Waals surface area contributed by atoms with Crippen LogP contribution in [0.15, 0.2) is 54.6 Å². The zero-order chi connectivity index (χ0) is 21.9. The van der Waals surface area contributed by atoms with Gasteiger partial charge >= 0.3 is 12.2 Å². The Kier molecular flexibility index (Phi) is 6.09. The smallest absolute Gasteiger partial charge is 0.396 e. The van der Waals surface area contributed by atoms with Crippen LogP contribution in [0, 0.1) is 11.7 Å². The van der Waals surface area contributed by atoms with Crippen molar-refractivity contribution in [3.8, 4) is 0 Å². The molecule has 0 aromatic heterocycles. The number of hydrogen-bond acceptors (Lipinski definition) is 4. The number of hydrogen-bond donors (Lipinski definition) is 3. The molecular formula is C20H18F4N2O4. The maximum Gasteiger partial charge on any atom is 0.415 e. The molecule has 30 heavy (non-hydrogen) atoms. The molecule has 1 saturated heterocycles. The fourth-order valence-electron chi connectivity index (χ4n) is 3.57. The SMILES string of the molecule is O=C(NC(=O)c1ccccc1)N[C@@]1(c2ccccc2F)CO[C@H](C(F)(F)F)[C@H]1CO. The fourth-order valence-corrected chi connectivity index (χ4v) is 3.57. The second-order valence-electron chi connectivity index (χ2n) is 6.79. The number of alkyl halides is 3. The lowest BCUT2D eigenvalue weighted by Gasteiger charge is -2.36. The van der Waals surface area contributed by atoms with Gasteiger partial charge in [-0.25, -0.2) is 9.18 Å². The quantitative estimate of drug-likeness (QED) is 0.657. The summed E-state index contributed by atoms with van der Waals surface area (Å²) in [6.45, 7) is -1.80. The lowest BCUT2D eigenvalue weighted by atomic mass is 9.77. The topological polar surface area (TPSA) is 87.7 Å². The third-order valence-electron chi connectivity index (χ3n) is 4.96. The highest BCUT2D eigenvalue weighted by molar-refractivity contribution is 6.04. The lowest BCUT2D eigenvalue weighted by molar-refractivity contribution is -0.219. The van der Waals surface area contributed by atoms with E-state index in [1.54, 1.807) is 18.2 Å². The highest BCUT2D eigenvalue weighted by Gasteiger charge is 2.61. The lowest BCUT2D eigenvalue weighted by Crippen LogP contribution is -2.57. The Hall–Kier alpha value is -2.98. The molecule has 0 aliphatic carbocycles. The van der Waals surface area contributed by atoms with Gasteiger partial charge in [0.1, 0.15) is 11.4 Å². The summed E-state index contributed by atoms with van der Waals surface area (Å²) in [5.74, 6) is -3.44. The first kappa shape index (κ1) is 21.7. The summed E-state index contributed by atoms with van der Waals surface area (Å²) in [6.07, 6.45) is -7.30. The molecule has 6 nitrogen and oxygen atoms in total. The van der Waals surface area contributed by atoms with Crippen LogP contribution in [0.3, 0.4) is 0 Å². The molecule has 160 valence electrons. The molecule has 0 unspecified atom stereocenters. The second kappa shape index (κ2) is 8.41. The van der Waals surface area contributed by atoms with Crippen LogP contribution in [0.1, 0.15) is 15.9 Å². The van der Waals surface area contributed by atoms with Crippen molar-refractivity contribution >= 4 is 11.9 Å². The maximum atomic E-state index is 14.5. The predicted molar refractivity (Wildman–Crippen MR) is 96.9 cm³/mol. The van der Waals surface area contributed by atoms with E-state index >= 15 is 0 Å². The number of amides is 3. The fraction of sp³-hybridized carbons (Fsp3) is 0.300. The van der Waals surface area contributed by atoms with E-state index in [4.69, 9.17) is 4.74 Å². The molecule has 2 aromatic rings. The molecule has 1 aliphatic rings. The van der Waals surface area contributed by atoms with Crippen LogP contribution in [0.4, 0.5) is 22.4 Å². The van der Waals surface area contributed by atoms with Gasteiger partial charge in [-0.3, -0.25) is 10.1 Å². The molecule has 0 bridgehead atoms. The van der Waals surface area contributed by atoms with Crippen molar-refractivity contribution in [3.05, 3.63) is 71.5 Å². The highest BCUT2D eigenvalue weighted by Crippen LogP contribution is 2.45. The van der Waals surface area contributed by atoms with E-state index in [1.165, 1.54) is 30.3 Å². The third-order valence-corrected chi connectivity index (χ3v) is 4.96. The van der Waals surface area contributed by atoms with Crippen LogP contribution < -0.4 is 10.6 Å². The number of aliphatic hydroxyl groups excluding tert-OH is 1. The van der Waals surface area contributed by atoms with E-state index in [9.17, 15) is 32.3 Å². The van der Waals surface area contributed by atoms with Gasteiger partial charge in [0, 0.05) is 17.0 Å². The summed E-state index contributed by atoms with van der Waals surface area (Å²) in [7, 11) is 0. The van der Waals surface area contributed by atoms with Gasteiger partial charge in [-0.15, -0.1) is 0 Å². The molecule has 0 spiro atoms. The predicted octanol–water partition coefficient (Wildman–Crippen LogP) is 2.73. The van der Waals surface area contributed by atoms with Crippen molar-refractivity contribution in [2.45, 2.75) is 17.8 Å². The molecule has 3 atom stereocenters. The van der Waals surface area contributed by atoms with Crippen LogP contribution in [0.25, 0.3) is 0 Å². The molecule has 2 aromatic carbocycles. The molecule has 3 N–H and O–H groups in total. The summed E-state index contributed by atoms with van der Waals surface area (Å²) in [5, 5.41) is 14.0. The summed E-state index contributed by atoms with van der Waals surface area (Å²) in [5.41, 5.74) is -2.21. The molecule has 10 heteroatoms. The number of urea groups is 1. The minimum absolute atomic E-state index is 0.141. The Morgan fingerprint density at radius 2 is 1.73 bits per heavy atom. The van der Waals surface area contributed by atoms with Crippen molar-refractivity contribution in [1.82, 2.24) is 10.6 Å². The van der Waals surface area contributed by atoms with Gasteiger partial charge in [0.15, 0.2) is 6.10 Å². The molecule has 3 rings (SSSR count). The number of rotatable bonds is 4. The van der Waals surface area contributed by atoms with Gasteiger partial charge < -0.3 is 15.2 Å². The molecule has 1 aliphatic heterocycles. The molecule has 1 fully saturated rings. The minimum Gasteiger partial charge on any atom is -0.396 e. The number of imide groups is 1. The standard InChI is InChI=1S/C20H18F4N2O4/c21-15-9-5-4-8-13(15)19(11-30-16(14(19)10-27)20(22,23)24)26-18(29)25-17(28)12-6-2-1-3-7-12/h1-9,14,16,27H,10-11H2,(H2,25,26,28,29)/t14-,16+,19-/m1/s1. The van der Waals surface area contributed by atoms with Gasteiger partial charge in [-0.1, -0.05) is 36.4 Å². The van der Waals surface area contributed by atoms with Crippen molar-refractivity contribution in [1.29, 1.82) is 0 Å². The number of carbonyl (C=O) groups is 2. The van der Waals surface area contributed by atoms with E-state index in [0.29, 0.717) is 0 Å². The van der Waals surface area contributed by atoms with Crippen molar-refractivity contribution in [3.63, 3.8) is 0 Å². The maximum absolute atomic E-state index is 14.5. The molecule has 0 saturated carbocycles. The van der Waals surface area contributed by atoms with Crippen molar-refractivity contribution < 1.29 is 37.0 Å². The van der Waals surface area contributed by atoms with Crippen LogP contribution in [-0.2, 0) is 10.3 Å². The monoisotopic (exact) mass is 426 g/mol. The number of ether oxygens (including phenoxy) is 1. The molecule has 1 heterocycles. The zero-order valence-corrected chi connectivity index (χ0v) is 15.4. The van der Waals surface area contributed by atoms with Gasteiger partial charge in [-0.2, -0.15) is 13.2 Å². The van der Waals surface area contributed by atoms with Crippen molar-refractivity contribution in [2.24, 2.45) is 5.92 Å². The Morgan fingerprint density at radius 1 is 1.10 bits per heavy atom. The summed E-state index contributed by atoms with van der Waals surface area (Å²) >= 11 is 0. The Bertz CT molecular complexity index is 923. The normalized spacial score (nSPS) is 23.8. The van der Waals surface area contributed by atoms with E-state index < -0.39 is 54.7 Å². The minimum atomic E-state index is -4.86. The first-order valence-corrected chi connectivity index (χ1v) is 8.92. The summed E-state index contributed by atoms with van der Waals surface area (Å²) < 4.78 is 59.6. The van der Waals surface area contributed by atoms with E-state index in [2.05, 4.69) is 5.32 Å².